The number of aliphatic hydroxyl groups excluding tert-OH is 1. The predicted octanol–water partition coefficient (Wildman–Crippen LogP) is -0.479. The molecule has 0 saturated heterocycles. The van der Waals surface area contributed by atoms with Gasteiger partial charge in [-0.1, -0.05) is 0 Å². The second-order valence-corrected chi connectivity index (χ2v) is 6.38. The summed E-state index contributed by atoms with van der Waals surface area (Å²) in [6.45, 7) is 0.366. The predicted molar refractivity (Wildman–Crippen MR) is 51.1 cm³/mol. The maximum atomic E-state index is 11.2. The van der Waals surface area contributed by atoms with Crippen molar-refractivity contribution in [3.05, 3.63) is 0 Å². The summed E-state index contributed by atoms with van der Waals surface area (Å²) < 4.78 is 22.5. The van der Waals surface area contributed by atoms with E-state index < -0.39 is 9.84 Å². The summed E-state index contributed by atoms with van der Waals surface area (Å²) in [6.07, 6.45) is 3.12. The lowest BCUT2D eigenvalue weighted by molar-refractivity contribution is 0.138. The van der Waals surface area contributed by atoms with Crippen molar-refractivity contribution in [2.75, 3.05) is 19.4 Å². The number of rotatable bonds is 3. The summed E-state index contributed by atoms with van der Waals surface area (Å²) in [5.74, 6) is 0. The molecule has 1 fully saturated rings. The Labute approximate surface area is 79.0 Å². The van der Waals surface area contributed by atoms with Crippen LogP contribution >= 0.6 is 0 Å². The van der Waals surface area contributed by atoms with E-state index in [9.17, 15) is 8.42 Å². The third kappa shape index (κ3) is 2.21. The summed E-state index contributed by atoms with van der Waals surface area (Å²) in [7, 11) is -2.96. The summed E-state index contributed by atoms with van der Waals surface area (Å²) in [5, 5.41) is 8.82. The van der Waals surface area contributed by atoms with Crippen LogP contribution in [0.4, 0.5) is 0 Å². The average Bonchev–Trinajstić information content (AvgIpc) is 2.48. The molecule has 78 valence electrons. The van der Waals surface area contributed by atoms with E-state index in [1.165, 1.54) is 6.26 Å². The van der Waals surface area contributed by atoms with Crippen molar-refractivity contribution in [3.63, 3.8) is 0 Å². The largest absolute Gasteiger partial charge is 0.396 e. The van der Waals surface area contributed by atoms with Crippen molar-refractivity contribution in [1.82, 2.24) is 0 Å². The zero-order chi connectivity index (χ0) is 10.1. The minimum absolute atomic E-state index is 0.00444. The Hall–Kier alpha value is -0.130. The maximum Gasteiger partial charge on any atom is 0.150 e. The van der Waals surface area contributed by atoms with Crippen LogP contribution in [0, 0.1) is 5.41 Å². The molecule has 0 aromatic heterocycles. The average molecular weight is 207 g/mol. The minimum Gasteiger partial charge on any atom is -0.396 e. The van der Waals surface area contributed by atoms with Crippen LogP contribution in [0.1, 0.15) is 19.3 Å². The quantitative estimate of drug-likeness (QED) is 0.655. The Morgan fingerprint density at radius 1 is 1.62 bits per heavy atom. The number of hydrogen-bond acceptors (Lipinski definition) is 4. The summed E-state index contributed by atoms with van der Waals surface area (Å²) in [4.78, 5) is 0. The molecule has 0 aliphatic heterocycles. The lowest BCUT2D eigenvalue weighted by Gasteiger charge is -2.24. The van der Waals surface area contributed by atoms with Crippen LogP contribution in [0.2, 0.25) is 0 Å². The van der Waals surface area contributed by atoms with Crippen LogP contribution in [0.3, 0.4) is 0 Å². The van der Waals surface area contributed by atoms with Crippen LogP contribution < -0.4 is 5.73 Å². The fourth-order valence-corrected chi connectivity index (χ4v) is 3.12. The van der Waals surface area contributed by atoms with Crippen molar-refractivity contribution in [1.29, 1.82) is 0 Å². The molecule has 1 aliphatic rings. The molecule has 13 heavy (non-hydrogen) atoms. The molecule has 1 saturated carbocycles. The highest BCUT2D eigenvalue weighted by Crippen LogP contribution is 2.39. The molecular weight excluding hydrogens is 190 g/mol. The zero-order valence-electron chi connectivity index (χ0n) is 7.86. The van der Waals surface area contributed by atoms with Gasteiger partial charge < -0.3 is 10.8 Å². The van der Waals surface area contributed by atoms with Gasteiger partial charge >= 0.3 is 0 Å². The van der Waals surface area contributed by atoms with Crippen molar-refractivity contribution < 1.29 is 13.5 Å². The number of aliphatic hydroxyl groups is 1. The van der Waals surface area contributed by atoms with Gasteiger partial charge in [0.2, 0.25) is 0 Å². The third-order valence-electron chi connectivity index (χ3n) is 3.03. The van der Waals surface area contributed by atoms with Gasteiger partial charge in [-0.25, -0.2) is 8.42 Å². The minimum atomic E-state index is -2.96. The standard InChI is InChI=1S/C8H17NO3S/c1-13(11,12)7-2-3-8(4-7,5-9)6-10/h7,10H,2-6,9H2,1H3. The van der Waals surface area contributed by atoms with E-state index in [4.69, 9.17) is 10.8 Å². The molecule has 0 heterocycles. The van der Waals surface area contributed by atoms with Crippen molar-refractivity contribution in [2.24, 2.45) is 11.1 Å². The van der Waals surface area contributed by atoms with Gasteiger partial charge in [-0.3, -0.25) is 0 Å². The number of sulfone groups is 1. The second-order valence-electron chi connectivity index (χ2n) is 4.06. The molecule has 1 aliphatic carbocycles. The SMILES string of the molecule is CS(=O)(=O)C1CCC(CN)(CO)C1. The molecule has 0 aromatic rings. The first-order chi connectivity index (χ1) is 5.93. The van der Waals surface area contributed by atoms with Crippen LogP contribution in [0.15, 0.2) is 0 Å². The zero-order valence-corrected chi connectivity index (χ0v) is 8.68. The van der Waals surface area contributed by atoms with Gasteiger partial charge in [0.05, 0.1) is 5.25 Å². The van der Waals surface area contributed by atoms with E-state index in [2.05, 4.69) is 0 Å². The fraction of sp³-hybridized carbons (Fsp3) is 1.00. The molecule has 3 N–H and O–H groups in total. The van der Waals surface area contributed by atoms with Crippen LogP contribution in [-0.2, 0) is 9.84 Å². The molecule has 0 radical (unpaired) electrons. The molecule has 0 amide bonds. The summed E-state index contributed by atoms with van der Waals surface area (Å²) >= 11 is 0. The van der Waals surface area contributed by atoms with E-state index in [1.54, 1.807) is 0 Å². The molecule has 0 bridgehead atoms. The van der Waals surface area contributed by atoms with Gasteiger partial charge in [0.25, 0.3) is 0 Å². The second kappa shape index (κ2) is 3.55. The molecule has 2 unspecified atom stereocenters. The summed E-state index contributed by atoms with van der Waals surface area (Å²) in [6, 6.07) is 0. The highest BCUT2D eigenvalue weighted by atomic mass is 32.2. The Balaban J connectivity index is 2.73. The smallest absolute Gasteiger partial charge is 0.150 e. The van der Waals surface area contributed by atoms with E-state index in [0.717, 1.165) is 6.42 Å². The lowest BCUT2D eigenvalue weighted by Crippen LogP contribution is -2.33. The molecule has 5 heteroatoms. The lowest BCUT2D eigenvalue weighted by atomic mass is 9.88. The van der Waals surface area contributed by atoms with E-state index in [0.29, 0.717) is 19.4 Å². The monoisotopic (exact) mass is 207 g/mol. The van der Waals surface area contributed by atoms with Crippen molar-refractivity contribution >= 4 is 9.84 Å². The topological polar surface area (TPSA) is 80.4 Å². The molecular formula is C8H17NO3S. The normalized spacial score (nSPS) is 35.2. The molecule has 0 spiro atoms. The van der Waals surface area contributed by atoms with E-state index in [-0.39, 0.29) is 17.3 Å². The first-order valence-corrected chi connectivity index (χ1v) is 6.39. The van der Waals surface area contributed by atoms with Crippen LogP contribution in [0.5, 0.6) is 0 Å². The van der Waals surface area contributed by atoms with Gasteiger partial charge in [-0.2, -0.15) is 0 Å². The van der Waals surface area contributed by atoms with Crippen LogP contribution in [-0.4, -0.2) is 38.2 Å². The first-order valence-electron chi connectivity index (χ1n) is 4.43. The van der Waals surface area contributed by atoms with Gasteiger partial charge in [0.15, 0.2) is 0 Å². The van der Waals surface area contributed by atoms with E-state index >= 15 is 0 Å². The molecule has 1 rings (SSSR count). The molecule has 0 aromatic carbocycles. The summed E-state index contributed by atoms with van der Waals surface area (Å²) in [5.41, 5.74) is 5.19. The van der Waals surface area contributed by atoms with E-state index in [1.807, 2.05) is 0 Å². The van der Waals surface area contributed by atoms with Crippen molar-refractivity contribution in [2.45, 2.75) is 24.5 Å². The molecule has 4 nitrogen and oxygen atoms in total. The van der Waals surface area contributed by atoms with Gasteiger partial charge in [-0.05, 0) is 19.3 Å². The number of hydrogen-bond donors (Lipinski definition) is 2. The highest BCUT2D eigenvalue weighted by molar-refractivity contribution is 7.91. The van der Waals surface area contributed by atoms with Crippen molar-refractivity contribution in [3.8, 4) is 0 Å². The number of nitrogens with two attached hydrogens (primary N) is 1. The Kier molecular flexibility index (Phi) is 2.99. The first kappa shape index (κ1) is 10.9. The van der Waals surface area contributed by atoms with Crippen LogP contribution in [0.25, 0.3) is 0 Å². The molecule has 2 atom stereocenters. The third-order valence-corrected chi connectivity index (χ3v) is 4.64. The Morgan fingerprint density at radius 2 is 2.23 bits per heavy atom. The van der Waals surface area contributed by atoms with Gasteiger partial charge in [-0.15, -0.1) is 0 Å². The Morgan fingerprint density at radius 3 is 2.46 bits per heavy atom. The highest BCUT2D eigenvalue weighted by Gasteiger charge is 2.41. The van der Waals surface area contributed by atoms with Gasteiger partial charge in [0.1, 0.15) is 9.84 Å². The fourth-order valence-electron chi connectivity index (χ4n) is 1.91. The maximum absolute atomic E-state index is 11.2. The Bertz CT molecular complexity index is 269. The van der Waals surface area contributed by atoms with Gasteiger partial charge in [0, 0.05) is 24.8 Å².